The molecule has 0 unspecified atom stereocenters. The van der Waals surface area contributed by atoms with Crippen molar-refractivity contribution in [2.45, 2.75) is 0 Å². The molecule has 0 fully saturated rings. The van der Waals surface area contributed by atoms with Crippen LogP contribution in [-0.2, 0) is 0 Å². The summed E-state index contributed by atoms with van der Waals surface area (Å²) in [5.74, 6) is 0. The molecule has 0 saturated carbocycles. The first-order chi connectivity index (χ1) is 10.9. The highest BCUT2D eigenvalue weighted by Crippen LogP contribution is 2.29. The Bertz CT molecular complexity index is 904. The van der Waals surface area contributed by atoms with Gasteiger partial charge in [0.25, 0.3) is 0 Å². The predicted octanol–water partition coefficient (Wildman–Crippen LogP) is 5.57. The largest absolute Gasteiger partial charge is 0.256 e. The number of hydrogen-bond acceptors (Lipinski definition) is 1. The topological polar surface area (TPSA) is 12.9 Å². The maximum Gasteiger partial charge on any atom is 0.0780 e. The summed E-state index contributed by atoms with van der Waals surface area (Å²) in [5.41, 5.74) is 5.90. The molecule has 4 aromatic rings. The molecule has 0 aliphatic carbocycles. The van der Waals surface area contributed by atoms with Crippen LogP contribution in [0.4, 0.5) is 0 Å². The van der Waals surface area contributed by atoms with E-state index in [2.05, 4.69) is 77.8 Å². The first-order valence-electron chi connectivity index (χ1n) is 7.41. The third-order valence-corrected chi connectivity index (χ3v) is 3.94. The van der Waals surface area contributed by atoms with Crippen LogP contribution in [0, 0.1) is 0 Å². The lowest BCUT2D eigenvalue weighted by atomic mass is 9.98. The number of nitrogens with zero attached hydrogens (tertiary/aromatic N) is 1. The Morgan fingerprint density at radius 2 is 1.18 bits per heavy atom. The molecule has 0 bridgehead atoms. The summed E-state index contributed by atoms with van der Waals surface area (Å²) in [7, 11) is 0. The normalized spacial score (nSPS) is 10.7. The van der Waals surface area contributed by atoms with Crippen molar-refractivity contribution < 1.29 is 0 Å². The number of para-hydroxylation sites is 1. The zero-order valence-corrected chi connectivity index (χ0v) is 12.1. The van der Waals surface area contributed by atoms with Crippen molar-refractivity contribution in [3.63, 3.8) is 0 Å². The van der Waals surface area contributed by atoms with Crippen molar-refractivity contribution in [2.24, 2.45) is 0 Å². The van der Waals surface area contributed by atoms with Crippen LogP contribution in [0.2, 0.25) is 0 Å². The van der Waals surface area contributed by atoms with Gasteiger partial charge in [0.15, 0.2) is 0 Å². The van der Waals surface area contributed by atoms with E-state index in [9.17, 15) is 0 Å². The average molecular weight is 281 g/mol. The molecular weight excluding hydrogens is 266 g/mol. The number of pyridine rings is 1. The van der Waals surface area contributed by atoms with Crippen LogP contribution in [0.25, 0.3) is 33.2 Å². The monoisotopic (exact) mass is 281 g/mol. The third-order valence-electron chi connectivity index (χ3n) is 3.94. The van der Waals surface area contributed by atoms with Crippen molar-refractivity contribution in [1.29, 1.82) is 0 Å². The van der Waals surface area contributed by atoms with Gasteiger partial charge >= 0.3 is 0 Å². The molecule has 1 aromatic heterocycles. The number of fused-ring (bicyclic) bond motifs is 1. The van der Waals surface area contributed by atoms with E-state index in [1.54, 1.807) is 0 Å². The van der Waals surface area contributed by atoms with Gasteiger partial charge < -0.3 is 0 Å². The molecule has 1 heteroatoms. The van der Waals surface area contributed by atoms with Gasteiger partial charge in [0, 0.05) is 17.1 Å². The SMILES string of the molecule is c1ccc(-c2ccc(-c3cccc4cccnc34)cc2)cc1. The van der Waals surface area contributed by atoms with Crippen molar-refractivity contribution in [2.75, 3.05) is 0 Å². The van der Waals surface area contributed by atoms with E-state index < -0.39 is 0 Å². The van der Waals surface area contributed by atoms with Crippen molar-refractivity contribution in [1.82, 2.24) is 4.98 Å². The Morgan fingerprint density at radius 1 is 0.500 bits per heavy atom. The molecule has 1 heterocycles. The molecule has 0 amide bonds. The molecule has 3 aromatic carbocycles. The van der Waals surface area contributed by atoms with Crippen molar-refractivity contribution in [3.05, 3.63) is 91.1 Å². The van der Waals surface area contributed by atoms with Gasteiger partial charge in [-0.05, 0) is 22.8 Å². The quantitative estimate of drug-likeness (QED) is 0.468. The number of benzene rings is 3. The van der Waals surface area contributed by atoms with Gasteiger partial charge in [-0.1, -0.05) is 78.9 Å². The summed E-state index contributed by atoms with van der Waals surface area (Å²) >= 11 is 0. The lowest BCUT2D eigenvalue weighted by Crippen LogP contribution is -1.85. The first kappa shape index (κ1) is 12.8. The fourth-order valence-electron chi connectivity index (χ4n) is 2.81. The Hall–Kier alpha value is -2.93. The van der Waals surface area contributed by atoms with Gasteiger partial charge in [-0.25, -0.2) is 0 Å². The van der Waals surface area contributed by atoms with E-state index in [0.717, 1.165) is 5.52 Å². The smallest absolute Gasteiger partial charge is 0.0780 e. The molecule has 0 aliphatic rings. The minimum atomic E-state index is 1.05. The van der Waals surface area contributed by atoms with E-state index in [4.69, 9.17) is 0 Å². The van der Waals surface area contributed by atoms with Crippen LogP contribution in [-0.4, -0.2) is 4.98 Å². The van der Waals surface area contributed by atoms with Gasteiger partial charge in [-0.2, -0.15) is 0 Å². The lowest BCUT2D eigenvalue weighted by Gasteiger charge is -2.07. The van der Waals surface area contributed by atoms with Gasteiger partial charge in [-0.15, -0.1) is 0 Å². The van der Waals surface area contributed by atoms with Crippen LogP contribution in [0.5, 0.6) is 0 Å². The van der Waals surface area contributed by atoms with E-state index in [-0.39, 0.29) is 0 Å². The molecular formula is C21H15N. The zero-order chi connectivity index (χ0) is 14.8. The second kappa shape index (κ2) is 5.45. The molecule has 0 atom stereocenters. The molecule has 0 radical (unpaired) electrons. The molecule has 4 rings (SSSR count). The van der Waals surface area contributed by atoms with E-state index >= 15 is 0 Å². The zero-order valence-electron chi connectivity index (χ0n) is 12.1. The van der Waals surface area contributed by atoms with Gasteiger partial charge in [0.1, 0.15) is 0 Å². The van der Waals surface area contributed by atoms with Crippen molar-refractivity contribution >= 4 is 10.9 Å². The second-order valence-electron chi connectivity index (χ2n) is 5.32. The fourth-order valence-corrected chi connectivity index (χ4v) is 2.81. The molecule has 0 aliphatic heterocycles. The summed E-state index contributed by atoms with van der Waals surface area (Å²) < 4.78 is 0. The Kier molecular flexibility index (Phi) is 3.17. The minimum absolute atomic E-state index is 1.05. The highest BCUT2D eigenvalue weighted by atomic mass is 14.6. The van der Waals surface area contributed by atoms with Gasteiger partial charge in [-0.3, -0.25) is 4.98 Å². The summed E-state index contributed by atoms with van der Waals surface area (Å²) in [6.45, 7) is 0. The van der Waals surface area contributed by atoms with Gasteiger partial charge in [0.2, 0.25) is 0 Å². The molecule has 0 saturated heterocycles. The maximum atomic E-state index is 4.54. The van der Waals surface area contributed by atoms with E-state index in [0.29, 0.717) is 0 Å². The Labute approximate surface area is 129 Å². The van der Waals surface area contributed by atoms with Crippen LogP contribution in [0.3, 0.4) is 0 Å². The van der Waals surface area contributed by atoms with Crippen LogP contribution in [0.1, 0.15) is 0 Å². The van der Waals surface area contributed by atoms with Crippen molar-refractivity contribution in [3.8, 4) is 22.3 Å². The highest BCUT2D eigenvalue weighted by molar-refractivity contribution is 5.93. The minimum Gasteiger partial charge on any atom is -0.256 e. The summed E-state index contributed by atoms with van der Waals surface area (Å²) in [6.07, 6.45) is 1.85. The third kappa shape index (κ3) is 2.27. The Morgan fingerprint density at radius 3 is 2.00 bits per heavy atom. The summed E-state index contributed by atoms with van der Waals surface area (Å²) in [6, 6.07) is 29.5. The molecule has 104 valence electrons. The van der Waals surface area contributed by atoms with E-state index in [1.807, 2.05) is 18.3 Å². The van der Waals surface area contributed by atoms with Crippen LogP contribution < -0.4 is 0 Å². The van der Waals surface area contributed by atoms with E-state index in [1.165, 1.54) is 27.6 Å². The Balaban J connectivity index is 1.80. The first-order valence-corrected chi connectivity index (χ1v) is 7.41. The fraction of sp³-hybridized carbons (Fsp3) is 0. The van der Waals surface area contributed by atoms with Crippen LogP contribution in [0.15, 0.2) is 91.1 Å². The number of hydrogen-bond donors (Lipinski definition) is 0. The highest BCUT2D eigenvalue weighted by Gasteiger charge is 2.05. The predicted molar refractivity (Wildman–Crippen MR) is 92.6 cm³/mol. The summed E-state index contributed by atoms with van der Waals surface area (Å²) in [5, 5.41) is 1.17. The standard InChI is InChI=1S/C21H15N/c1-2-6-16(7-3-1)17-11-13-18(14-12-17)20-10-4-8-19-9-5-15-22-21(19)20/h1-15H. The lowest BCUT2D eigenvalue weighted by molar-refractivity contribution is 1.41. The van der Waals surface area contributed by atoms with Crippen LogP contribution >= 0.6 is 0 Å². The number of rotatable bonds is 2. The average Bonchev–Trinajstić information content (AvgIpc) is 2.62. The second-order valence-corrected chi connectivity index (χ2v) is 5.32. The molecule has 22 heavy (non-hydrogen) atoms. The molecule has 0 N–H and O–H groups in total. The summed E-state index contributed by atoms with van der Waals surface area (Å²) in [4.78, 5) is 4.54. The maximum absolute atomic E-state index is 4.54. The molecule has 1 nitrogen and oxygen atoms in total. The number of aromatic nitrogens is 1. The molecule has 0 spiro atoms. The van der Waals surface area contributed by atoms with Gasteiger partial charge in [0.05, 0.1) is 5.52 Å².